The number of halogens is 1. The number of anilines is 1. The third-order valence-electron chi connectivity index (χ3n) is 2.07. The van der Waals surface area contributed by atoms with E-state index in [1.807, 2.05) is 6.26 Å². The predicted octanol–water partition coefficient (Wildman–Crippen LogP) is 1.89. The molecular formula is C11H15FN2OS. The number of hydrogen-bond acceptors (Lipinski definition) is 3. The van der Waals surface area contributed by atoms with E-state index in [9.17, 15) is 9.18 Å². The van der Waals surface area contributed by atoms with Crippen LogP contribution in [0.15, 0.2) is 18.2 Å². The number of thioether (sulfide) groups is 1. The highest BCUT2D eigenvalue weighted by Crippen LogP contribution is 2.11. The molecule has 1 amide bonds. The maximum atomic E-state index is 12.9. The lowest BCUT2D eigenvalue weighted by Crippen LogP contribution is -2.24. The van der Waals surface area contributed by atoms with E-state index in [2.05, 4.69) is 5.32 Å². The maximum absolute atomic E-state index is 12.9. The fourth-order valence-corrected chi connectivity index (χ4v) is 1.64. The summed E-state index contributed by atoms with van der Waals surface area (Å²) >= 11 is 1.73. The molecule has 16 heavy (non-hydrogen) atoms. The molecule has 1 aromatic carbocycles. The zero-order valence-corrected chi connectivity index (χ0v) is 9.94. The van der Waals surface area contributed by atoms with Crippen LogP contribution in [-0.4, -0.2) is 24.5 Å². The van der Waals surface area contributed by atoms with E-state index in [4.69, 9.17) is 5.73 Å². The van der Waals surface area contributed by atoms with Crippen LogP contribution in [0.1, 0.15) is 16.8 Å². The number of benzene rings is 1. The smallest absolute Gasteiger partial charge is 0.251 e. The molecule has 0 spiro atoms. The van der Waals surface area contributed by atoms with Crippen molar-refractivity contribution in [1.82, 2.24) is 5.32 Å². The molecule has 0 saturated heterocycles. The van der Waals surface area contributed by atoms with Crippen LogP contribution in [0.25, 0.3) is 0 Å². The van der Waals surface area contributed by atoms with Crippen molar-refractivity contribution in [3.05, 3.63) is 29.6 Å². The monoisotopic (exact) mass is 242 g/mol. The summed E-state index contributed by atoms with van der Waals surface area (Å²) in [6.07, 6.45) is 2.94. The van der Waals surface area contributed by atoms with Crippen molar-refractivity contribution in [1.29, 1.82) is 0 Å². The number of hydrogen-bond donors (Lipinski definition) is 2. The first-order chi connectivity index (χ1) is 7.65. The van der Waals surface area contributed by atoms with Gasteiger partial charge in [-0.3, -0.25) is 4.79 Å². The van der Waals surface area contributed by atoms with Crippen LogP contribution in [0, 0.1) is 5.82 Å². The van der Waals surface area contributed by atoms with Gasteiger partial charge in [-0.05, 0) is 36.6 Å². The molecule has 3 N–H and O–H groups in total. The lowest BCUT2D eigenvalue weighted by molar-refractivity contribution is 0.0954. The number of nitrogens with two attached hydrogens (primary N) is 1. The summed E-state index contributed by atoms with van der Waals surface area (Å²) in [5, 5.41) is 2.75. The Labute approximate surface area is 98.6 Å². The number of amides is 1. The average Bonchev–Trinajstić information content (AvgIpc) is 2.28. The molecule has 88 valence electrons. The predicted molar refractivity (Wildman–Crippen MR) is 66.1 cm³/mol. The molecule has 1 aromatic rings. The van der Waals surface area contributed by atoms with Gasteiger partial charge < -0.3 is 11.1 Å². The number of nitrogens with one attached hydrogen (secondary N) is 1. The summed E-state index contributed by atoms with van der Waals surface area (Å²) < 4.78 is 12.9. The van der Waals surface area contributed by atoms with E-state index in [0.29, 0.717) is 12.1 Å². The fraction of sp³-hybridized carbons (Fsp3) is 0.364. The van der Waals surface area contributed by atoms with Gasteiger partial charge in [-0.25, -0.2) is 4.39 Å². The molecule has 0 bridgehead atoms. The Hall–Kier alpha value is -1.23. The Morgan fingerprint density at radius 2 is 2.31 bits per heavy atom. The van der Waals surface area contributed by atoms with E-state index in [0.717, 1.165) is 12.2 Å². The Kier molecular flexibility index (Phi) is 5.11. The zero-order chi connectivity index (χ0) is 12.0. The van der Waals surface area contributed by atoms with Crippen molar-refractivity contribution in [2.45, 2.75) is 6.42 Å². The summed E-state index contributed by atoms with van der Waals surface area (Å²) in [6.45, 7) is 0.622. The molecule has 0 aliphatic carbocycles. The van der Waals surface area contributed by atoms with E-state index in [-0.39, 0.29) is 11.6 Å². The molecule has 0 unspecified atom stereocenters. The fourth-order valence-electron chi connectivity index (χ4n) is 1.21. The van der Waals surface area contributed by atoms with Gasteiger partial charge in [0.15, 0.2) is 0 Å². The van der Waals surface area contributed by atoms with Crippen LogP contribution < -0.4 is 11.1 Å². The van der Waals surface area contributed by atoms with Crippen LogP contribution in [0.3, 0.4) is 0 Å². The number of nitrogen functional groups attached to an aromatic ring is 1. The van der Waals surface area contributed by atoms with Crippen molar-refractivity contribution in [2.75, 3.05) is 24.3 Å². The minimum atomic E-state index is -0.501. The highest BCUT2D eigenvalue weighted by molar-refractivity contribution is 7.98. The van der Waals surface area contributed by atoms with Gasteiger partial charge >= 0.3 is 0 Å². The third kappa shape index (κ3) is 3.73. The second-order valence-electron chi connectivity index (χ2n) is 3.34. The maximum Gasteiger partial charge on any atom is 0.251 e. The van der Waals surface area contributed by atoms with Crippen LogP contribution in [0.4, 0.5) is 10.1 Å². The van der Waals surface area contributed by atoms with Crippen molar-refractivity contribution >= 4 is 23.4 Å². The summed E-state index contributed by atoms with van der Waals surface area (Å²) in [5.41, 5.74) is 5.77. The first-order valence-corrected chi connectivity index (χ1v) is 6.36. The molecule has 1 rings (SSSR count). The van der Waals surface area contributed by atoms with Gasteiger partial charge in [0.05, 0.1) is 5.69 Å². The Balaban J connectivity index is 2.50. The number of rotatable bonds is 5. The molecule has 0 fully saturated rings. The molecule has 0 atom stereocenters. The summed E-state index contributed by atoms with van der Waals surface area (Å²) in [5.74, 6) is 0.290. The topological polar surface area (TPSA) is 55.1 Å². The normalized spacial score (nSPS) is 10.1. The van der Waals surface area contributed by atoms with Crippen LogP contribution in [0.5, 0.6) is 0 Å². The van der Waals surface area contributed by atoms with Crippen molar-refractivity contribution in [3.63, 3.8) is 0 Å². The molecule has 5 heteroatoms. The van der Waals surface area contributed by atoms with Crippen molar-refractivity contribution in [2.24, 2.45) is 0 Å². The molecule has 0 saturated carbocycles. The minimum absolute atomic E-state index is 0.00300. The van der Waals surface area contributed by atoms with Crippen LogP contribution >= 0.6 is 11.8 Å². The minimum Gasteiger partial charge on any atom is -0.396 e. The Morgan fingerprint density at radius 1 is 1.56 bits per heavy atom. The van der Waals surface area contributed by atoms with Gasteiger partial charge in [0.1, 0.15) is 5.82 Å². The molecule has 3 nitrogen and oxygen atoms in total. The van der Waals surface area contributed by atoms with Gasteiger partial charge in [0.25, 0.3) is 5.91 Å². The van der Waals surface area contributed by atoms with Gasteiger partial charge in [0, 0.05) is 12.1 Å². The van der Waals surface area contributed by atoms with E-state index >= 15 is 0 Å². The highest BCUT2D eigenvalue weighted by atomic mass is 32.2. The molecule has 0 heterocycles. The van der Waals surface area contributed by atoms with E-state index in [1.165, 1.54) is 18.2 Å². The van der Waals surface area contributed by atoms with Gasteiger partial charge in [0.2, 0.25) is 0 Å². The summed E-state index contributed by atoms with van der Waals surface area (Å²) in [6, 6.07) is 3.97. The highest BCUT2D eigenvalue weighted by Gasteiger charge is 2.07. The molecule has 0 aliphatic heterocycles. The second kappa shape index (κ2) is 6.37. The third-order valence-corrected chi connectivity index (χ3v) is 2.77. The quantitative estimate of drug-likeness (QED) is 0.612. The number of carbonyl (C=O) groups is 1. The standard InChI is InChI=1S/C11H15FN2OS/c1-16-6-2-5-14-11(15)8-3-4-9(12)10(13)7-8/h3-4,7H,2,5-6,13H2,1H3,(H,14,15). The first kappa shape index (κ1) is 12.8. The molecule has 0 radical (unpaired) electrons. The summed E-state index contributed by atoms with van der Waals surface area (Å²) in [7, 11) is 0. The second-order valence-corrected chi connectivity index (χ2v) is 4.32. The Morgan fingerprint density at radius 3 is 2.94 bits per heavy atom. The van der Waals surface area contributed by atoms with Crippen molar-refractivity contribution < 1.29 is 9.18 Å². The van der Waals surface area contributed by atoms with Crippen molar-refractivity contribution in [3.8, 4) is 0 Å². The first-order valence-electron chi connectivity index (χ1n) is 4.97. The molecular weight excluding hydrogens is 227 g/mol. The van der Waals surface area contributed by atoms with Crippen LogP contribution in [-0.2, 0) is 0 Å². The van der Waals surface area contributed by atoms with Gasteiger partial charge in [-0.2, -0.15) is 11.8 Å². The molecule has 0 aromatic heterocycles. The Bertz CT molecular complexity index is 371. The average molecular weight is 242 g/mol. The SMILES string of the molecule is CSCCCNC(=O)c1ccc(F)c(N)c1. The van der Waals surface area contributed by atoms with Gasteiger partial charge in [-0.15, -0.1) is 0 Å². The van der Waals surface area contributed by atoms with E-state index in [1.54, 1.807) is 11.8 Å². The van der Waals surface area contributed by atoms with Crippen LogP contribution in [0.2, 0.25) is 0 Å². The largest absolute Gasteiger partial charge is 0.396 e. The lowest BCUT2D eigenvalue weighted by atomic mass is 10.2. The lowest BCUT2D eigenvalue weighted by Gasteiger charge is -2.05. The van der Waals surface area contributed by atoms with E-state index < -0.39 is 5.82 Å². The van der Waals surface area contributed by atoms with Gasteiger partial charge in [-0.1, -0.05) is 0 Å². The summed E-state index contributed by atoms with van der Waals surface area (Å²) in [4.78, 5) is 11.6. The zero-order valence-electron chi connectivity index (χ0n) is 9.13. The number of carbonyl (C=O) groups excluding carboxylic acids is 1. The molecule has 0 aliphatic rings.